The van der Waals surface area contributed by atoms with Gasteiger partial charge in [0.2, 0.25) is 5.88 Å². The Bertz CT molecular complexity index is 1220. The quantitative estimate of drug-likeness (QED) is 0.402. The lowest BCUT2D eigenvalue weighted by Gasteiger charge is -2.13. The number of nitrogen functional groups attached to an aromatic ring is 1. The van der Waals surface area contributed by atoms with Crippen molar-refractivity contribution in [1.82, 2.24) is 19.9 Å². The molecule has 0 radical (unpaired) electrons. The molecule has 0 unspecified atom stereocenters. The molecule has 0 amide bonds. The Hall–Kier alpha value is -4.01. The molecule has 5 N–H and O–H groups in total. The molecule has 1 aliphatic carbocycles. The Morgan fingerprint density at radius 3 is 2.65 bits per heavy atom. The second kappa shape index (κ2) is 10.3. The van der Waals surface area contributed by atoms with Crippen LogP contribution in [0, 0.1) is 0 Å². The number of aromatic nitrogens is 4. The lowest BCUT2D eigenvalue weighted by Crippen LogP contribution is -2.08. The van der Waals surface area contributed by atoms with Crippen LogP contribution in [-0.2, 0) is 6.54 Å². The predicted octanol–water partition coefficient (Wildman–Crippen LogP) is 4.36. The van der Waals surface area contributed by atoms with Gasteiger partial charge in [-0.2, -0.15) is 0 Å². The molecule has 1 aliphatic rings. The van der Waals surface area contributed by atoms with Crippen molar-refractivity contribution in [2.45, 2.75) is 45.6 Å². The zero-order chi connectivity index (χ0) is 24.1. The summed E-state index contributed by atoms with van der Waals surface area (Å²) in [5.74, 6) is 1.91. The first-order valence-corrected chi connectivity index (χ1v) is 11.3. The molecule has 4 rings (SSSR count). The second-order valence-corrected chi connectivity index (χ2v) is 8.26. The molecule has 0 saturated heterocycles. The van der Waals surface area contributed by atoms with Gasteiger partial charge in [0.05, 0.1) is 30.4 Å². The first kappa shape index (κ1) is 23.2. The van der Waals surface area contributed by atoms with Gasteiger partial charge in [-0.1, -0.05) is 19.1 Å². The number of anilines is 2. The number of methoxy groups -OCH3 is 1. The summed E-state index contributed by atoms with van der Waals surface area (Å²) in [7, 11) is 1.59. The number of aliphatic imine (C=N–C) groups is 1. The van der Waals surface area contributed by atoms with Crippen LogP contribution in [0.5, 0.6) is 5.88 Å². The number of nitrogens with zero attached hydrogens (tertiary/aromatic N) is 5. The molecule has 2 heterocycles. The minimum absolute atomic E-state index is 0.392. The third-order valence-electron chi connectivity index (χ3n) is 5.54. The van der Waals surface area contributed by atoms with Crippen LogP contribution in [0.3, 0.4) is 0 Å². The lowest BCUT2D eigenvalue weighted by atomic mass is 10.1. The van der Waals surface area contributed by atoms with E-state index in [1.165, 1.54) is 6.33 Å². The van der Waals surface area contributed by atoms with Crippen LogP contribution in [0.15, 0.2) is 53.6 Å². The zero-order valence-corrected chi connectivity index (χ0v) is 19.7. The van der Waals surface area contributed by atoms with E-state index in [1.807, 2.05) is 44.2 Å². The number of benzene rings is 1. The first-order valence-electron chi connectivity index (χ1n) is 11.3. The number of nitrogens with two attached hydrogens (primary N) is 2. The Labute approximate surface area is 199 Å². The molecule has 0 aliphatic heterocycles. The van der Waals surface area contributed by atoms with Gasteiger partial charge in [0.15, 0.2) is 11.6 Å². The van der Waals surface area contributed by atoms with Crippen molar-refractivity contribution in [3.63, 3.8) is 0 Å². The molecule has 9 nitrogen and oxygen atoms in total. The van der Waals surface area contributed by atoms with Crippen LogP contribution in [0.2, 0.25) is 0 Å². The summed E-state index contributed by atoms with van der Waals surface area (Å²) in [6.45, 7) is 4.50. The number of nitrogens with one attached hydrogen (secondary N) is 1. The molecule has 1 saturated carbocycles. The molecule has 2 aromatic heterocycles. The minimum atomic E-state index is 0.392. The normalized spacial score (nSPS) is 14.2. The molecule has 0 atom stereocenters. The SMILES string of the molecule is CCC(N)=CC(C)=Nc1ccc(CNc2nc(-c3c(OC)ncnc3C3CC3)ncc2N)cc1. The van der Waals surface area contributed by atoms with Crippen LogP contribution < -0.4 is 21.5 Å². The first-order chi connectivity index (χ1) is 16.5. The molecule has 1 fully saturated rings. The fourth-order valence-electron chi connectivity index (χ4n) is 3.55. The minimum Gasteiger partial charge on any atom is -0.480 e. The monoisotopic (exact) mass is 458 g/mol. The summed E-state index contributed by atoms with van der Waals surface area (Å²) in [5, 5.41) is 3.32. The number of allylic oxidation sites excluding steroid dienone is 2. The van der Waals surface area contributed by atoms with Crippen molar-refractivity contribution in [2.24, 2.45) is 10.7 Å². The van der Waals surface area contributed by atoms with Gasteiger partial charge in [0.1, 0.15) is 11.9 Å². The zero-order valence-electron chi connectivity index (χ0n) is 19.7. The molecule has 1 aromatic carbocycles. The number of hydrogen-bond acceptors (Lipinski definition) is 9. The van der Waals surface area contributed by atoms with E-state index in [-0.39, 0.29) is 0 Å². The molecule has 0 bridgehead atoms. The lowest BCUT2D eigenvalue weighted by molar-refractivity contribution is 0.397. The molecular weight excluding hydrogens is 428 g/mol. The van der Waals surface area contributed by atoms with Crippen molar-refractivity contribution in [3.8, 4) is 17.3 Å². The van der Waals surface area contributed by atoms with Crippen LogP contribution in [0.1, 0.15) is 50.3 Å². The van der Waals surface area contributed by atoms with E-state index in [1.54, 1.807) is 13.3 Å². The Morgan fingerprint density at radius 1 is 1.21 bits per heavy atom. The van der Waals surface area contributed by atoms with Crippen LogP contribution >= 0.6 is 0 Å². The van der Waals surface area contributed by atoms with Gasteiger partial charge in [-0.3, -0.25) is 4.99 Å². The van der Waals surface area contributed by atoms with Gasteiger partial charge in [0.25, 0.3) is 0 Å². The van der Waals surface area contributed by atoms with Crippen molar-refractivity contribution < 1.29 is 4.74 Å². The van der Waals surface area contributed by atoms with E-state index in [4.69, 9.17) is 16.2 Å². The third-order valence-corrected chi connectivity index (χ3v) is 5.54. The largest absolute Gasteiger partial charge is 0.480 e. The molecular formula is C25H30N8O. The fraction of sp³-hybridized carbons (Fsp3) is 0.320. The van der Waals surface area contributed by atoms with Crippen molar-refractivity contribution in [2.75, 3.05) is 18.2 Å². The summed E-state index contributed by atoms with van der Waals surface area (Å²) < 4.78 is 5.48. The van der Waals surface area contributed by atoms with Crippen LogP contribution in [0.4, 0.5) is 17.2 Å². The van der Waals surface area contributed by atoms with Gasteiger partial charge < -0.3 is 21.5 Å². The molecule has 3 aromatic rings. The Kier molecular flexibility index (Phi) is 7.01. The van der Waals surface area contributed by atoms with Gasteiger partial charge in [0, 0.05) is 23.9 Å². The summed E-state index contributed by atoms with van der Waals surface area (Å²) in [4.78, 5) is 22.4. The standard InChI is InChI=1S/C25H30N8O/c1-4-18(26)11-15(2)32-19-9-5-16(6-10-19)12-28-23-20(27)13-29-24(33-23)21-22(17-7-8-17)30-14-31-25(21)34-3/h5-6,9-11,13-14,17H,4,7-8,12,26-27H2,1-3H3,(H,28,29,33). The summed E-state index contributed by atoms with van der Waals surface area (Å²) in [6.07, 6.45) is 8.01. The van der Waals surface area contributed by atoms with Crippen molar-refractivity contribution in [1.29, 1.82) is 0 Å². The van der Waals surface area contributed by atoms with Gasteiger partial charge in [-0.25, -0.2) is 19.9 Å². The van der Waals surface area contributed by atoms with E-state index >= 15 is 0 Å². The van der Waals surface area contributed by atoms with Crippen LogP contribution in [-0.4, -0.2) is 32.8 Å². The summed E-state index contributed by atoms with van der Waals surface area (Å²) in [5.41, 5.74) is 17.8. The van der Waals surface area contributed by atoms with Crippen molar-refractivity contribution in [3.05, 3.63) is 59.8 Å². The highest BCUT2D eigenvalue weighted by molar-refractivity contribution is 5.95. The number of rotatable bonds is 9. The average Bonchev–Trinajstić information content (AvgIpc) is 3.69. The fourth-order valence-corrected chi connectivity index (χ4v) is 3.55. The smallest absolute Gasteiger partial charge is 0.227 e. The van der Waals surface area contributed by atoms with Crippen molar-refractivity contribution >= 4 is 22.9 Å². The number of ether oxygens (including phenoxy) is 1. The van der Waals surface area contributed by atoms with E-state index in [9.17, 15) is 0 Å². The van der Waals surface area contributed by atoms with Gasteiger partial charge >= 0.3 is 0 Å². The van der Waals surface area contributed by atoms with Gasteiger partial charge in [-0.05, 0) is 50.0 Å². The maximum atomic E-state index is 6.16. The molecule has 9 heteroatoms. The van der Waals surface area contributed by atoms with E-state index in [2.05, 4.69) is 30.2 Å². The summed E-state index contributed by atoms with van der Waals surface area (Å²) >= 11 is 0. The highest BCUT2D eigenvalue weighted by Crippen LogP contribution is 2.45. The van der Waals surface area contributed by atoms with Gasteiger partial charge in [-0.15, -0.1) is 0 Å². The highest BCUT2D eigenvalue weighted by Gasteiger charge is 2.31. The maximum Gasteiger partial charge on any atom is 0.227 e. The highest BCUT2D eigenvalue weighted by atomic mass is 16.5. The third kappa shape index (κ3) is 5.48. The topological polar surface area (TPSA) is 137 Å². The molecule has 176 valence electrons. The Balaban J connectivity index is 1.51. The average molecular weight is 459 g/mol. The van der Waals surface area contributed by atoms with E-state index in [0.717, 1.165) is 53.2 Å². The van der Waals surface area contributed by atoms with E-state index < -0.39 is 0 Å². The number of hydrogen-bond donors (Lipinski definition) is 3. The molecule has 34 heavy (non-hydrogen) atoms. The Morgan fingerprint density at radius 2 is 1.97 bits per heavy atom. The van der Waals surface area contributed by atoms with Crippen LogP contribution in [0.25, 0.3) is 11.4 Å². The summed E-state index contributed by atoms with van der Waals surface area (Å²) in [6, 6.07) is 7.98. The second-order valence-electron chi connectivity index (χ2n) is 8.26. The van der Waals surface area contributed by atoms with E-state index in [0.29, 0.717) is 35.7 Å². The maximum absolute atomic E-state index is 6.16. The predicted molar refractivity (Wildman–Crippen MR) is 135 cm³/mol. The molecule has 0 spiro atoms.